The molecule has 2 fully saturated rings. The molecule has 1 heterocycles. The lowest BCUT2D eigenvalue weighted by Gasteiger charge is -2.25. The summed E-state index contributed by atoms with van der Waals surface area (Å²) in [7, 11) is 0. The Morgan fingerprint density at radius 1 is 1.07 bits per heavy atom. The molecule has 1 saturated carbocycles. The minimum Gasteiger partial charge on any atom is -0.300 e. The van der Waals surface area contributed by atoms with Crippen LogP contribution < -0.4 is 0 Å². The zero-order valence-electron chi connectivity index (χ0n) is 10.8. The van der Waals surface area contributed by atoms with E-state index in [4.69, 9.17) is 0 Å². The molecule has 0 N–H and O–H groups in total. The molecule has 1 heteroatoms. The van der Waals surface area contributed by atoms with E-state index >= 15 is 0 Å². The molecule has 2 atom stereocenters. The van der Waals surface area contributed by atoms with Gasteiger partial charge in [0.15, 0.2) is 0 Å². The number of likely N-dealkylation sites (tertiary alicyclic amines) is 1. The summed E-state index contributed by atoms with van der Waals surface area (Å²) in [6, 6.07) is 0.944. The summed E-state index contributed by atoms with van der Waals surface area (Å²) in [6.07, 6.45) is 8.76. The molecule has 0 spiro atoms. The first kappa shape index (κ1) is 11.4. The number of rotatable bonds is 2. The molecule has 2 rings (SSSR count). The van der Waals surface area contributed by atoms with E-state index in [2.05, 4.69) is 25.7 Å². The fourth-order valence-corrected chi connectivity index (χ4v) is 3.54. The molecule has 0 radical (unpaired) electrons. The second-order valence-electron chi connectivity index (χ2n) is 6.84. The van der Waals surface area contributed by atoms with E-state index in [1.54, 1.807) is 0 Å². The number of nitrogens with zero attached hydrogens (tertiary/aromatic N) is 1. The number of hydrogen-bond donors (Lipinski definition) is 0. The van der Waals surface area contributed by atoms with Crippen LogP contribution in [0.15, 0.2) is 0 Å². The molecular weight excluding hydrogens is 182 g/mol. The van der Waals surface area contributed by atoms with E-state index in [0.29, 0.717) is 5.41 Å². The normalized spacial score (nSPS) is 33.8. The van der Waals surface area contributed by atoms with Gasteiger partial charge in [0.05, 0.1) is 0 Å². The Kier molecular flexibility index (Phi) is 3.39. The molecule has 1 saturated heterocycles. The molecule has 2 unspecified atom stereocenters. The average Bonchev–Trinajstić information content (AvgIpc) is 2.68. The molecule has 88 valence electrons. The van der Waals surface area contributed by atoms with Crippen molar-refractivity contribution in [2.75, 3.05) is 13.1 Å². The minimum atomic E-state index is 0.532. The van der Waals surface area contributed by atoms with Crippen molar-refractivity contribution >= 4 is 0 Å². The van der Waals surface area contributed by atoms with E-state index in [0.717, 1.165) is 12.0 Å². The first-order valence-corrected chi connectivity index (χ1v) is 6.79. The van der Waals surface area contributed by atoms with Crippen LogP contribution in [0.5, 0.6) is 0 Å². The van der Waals surface area contributed by atoms with E-state index in [1.165, 1.54) is 51.6 Å². The predicted octanol–water partition coefficient (Wildman–Crippen LogP) is 3.69. The van der Waals surface area contributed by atoms with Crippen LogP contribution in [-0.2, 0) is 0 Å². The third kappa shape index (κ3) is 3.21. The Bertz CT molecular complexity index is 198. The van der Waals surface area contributed by atoms with Gasteiger partial charge in [-0.1, -0.05) is 20.8 Å². The highest BCUT2D eigenvalue weighted by Gasteiger charge is 2.32. The molecule has 1 aliphatic carbocycles. The molecule has 1 aliphatic heterocycles. The summed E-state index contributed by atoms with van der Waals surface area (Å²) in [4.78, 5) is 2.75. The SMILES string of the molecule is CC(C)(C)CC1CCC(N2CCCC2)C1. The van der Waals surface area contributed by atoms with Crippen LogP contribution in [0, 0.1) is 11.3 Å². The highest BCUT2D eigenvalue weighted by Crippen LogP contribution is 2.38. The fraction of sp³-hybridized carbons (Fsp3) is 1.00. The molecule has 1 nitrogen and oxygen atoms in total. The monoisotopic (exact) mass is 209 g/mol. The molecule has 2 aliphatic rings. The fourth-order valence-electron chi connectivity index (χ4n) is 3.54. The van der Waals surface area contributed by atoms with Crippen LogP contribution in [0.4, 0.5) is 0 Å². The van der Waals surface area contributed by atoms with Crippen LogP contribution >= 0.6 is 0 Å². The van der Waals surface area contributed by atoms with Gasteiger partial charge in [-0.3, -0.25) is 0 Å². The third-order valence-corrected chi connectivity index (χ3v) is 4.07. The first-order chi connectivity index (χ1) is 7.04. The van der Waals surface area contributed by atoms with Gasteiger partial charge in [0, 0.05) is 6.04 Å². The molecule has 0 bridgehead atoms. The van der Waals surface area contributed by atoms with E-state index in [9.17, 15) is 0 Å². The lowest BCUT2D eigenvalue weighted by Crippen LogP contribution is -2.30. The second-order valence-corrected chi connectivity index (χ2v) is 6.84. The standard InChI is InChI=1S/C14H27N/c1-14(2,3)11-12-6-7-13(10-12)15-8-4-5-9-15/h12-13H,4-11H2,1-3H3. The second kappa shape index (κ2) is 4.45. The summed E-state index contributed by atoms with van der Waals surface area (Å²) < 4.78 is 0. The molecule has 0 amide bonds. The topological polar surface area (TPSA) is 3.24 Å². The van der Waals surface area contributed by atoms with E-state index in [-0.39, 0.29) is 0 Å². The summed E-state index contributed by atoms with van der Waals surface area (Å²) in [5.74, 6) is 1.01. The van der Waals surface area contributed by atoms with Crippen molar-refractivity contribution in [3.8, 4) is 0 Å². The summed E-state index contributed by atoms with van der Waals surface area (Å²) in [5.41, 5.74) is 0.532. The largest absolute Gasteiger partial charge is 0.300 e. The average molecular weight is 209 g/mol. The van der Waals surface area contributed by atoms with Gasteiger partial charge in [-0.2, -0.15) is 0 Å². The van der Waals surface area contributed by atoms with Gasteiger partial charge < -0.3 is 4.90 Å². The van der Waals surface area contributed by atoms with Gasteiger partial charge in [-0.25, -0.2) is 0 Å². The van der Waals surface area contributed by atoms with Gasteiger partial charge in [-0.15, -0.1) is 0 Å². The molecule has 0 aromatic carbocycles. The summed E-state index contributed by atoms with van der Waals surface area (Å²) in [6.45, 7) is 9.92. The van der Waals surface area contributed by atoms with Crippen molar-refractivity contribution in [3.63, 3.8) is 0 Å². The van der Waals surface area contributed by atoms with Crippen LogP contribution in [0.25, 0.3) is 0 Å². The van der Waals surface area contributed by atoms with Crippen LogP contribution in [0.3, 0.4) is 0 Å². The van der Waals surface area contributed by atoms with Gasteiger partial charge in [0.1, 0.15) is 0 Å². The molecule has 0 aromatic rings. The molecular formula is C14H27N. The maximum Gasteiger partial charge on any atom is 0.00979 e. The number of hydrogen-bond acceptors (Lipinski definition) is 1. The third-order valence-electron chi connectivity index (χ3n) is 4.07. The maximum atomic E-state index is 2.75. The lowest BCUT2D eigenvalue weighted by atomic mass is 9.84. The van der Waals surface area contributed by atoms with Crippen molar-refractivity contribution in [2.24, 2.45) is 11.3 Å². The van der Waals surface area contributed by atoms with Gasteiger partial charge >= 0.3 is 0 Å². The van der Waals surface area contributed by atoms with E-state index < -0.39 is 0 Å². The highest BCUT2D eigenvalue weighted by molar-refractivity contribution is 4.86. The lowest BCUT2D eigenvalue weighted by molar-refractivity contribution is 0.228. The van der Waals surface area contributed by atoms with Crippen LogP contribution in [0.2, 0.25) is 0 Å². The van der Waals surface area contributed by atoms with Gasteiger partial charge in [-0.05, 0) is 62.9 Å². The van der Waals surface area contributed by atoms with Crippen LogP contribution in [-0.4, -0.2) is 24.0 Å². The Morgan fingerprint density at radius 2 is 1.73 bits per heavy atom. The first-order valence-electron chi connectivity index (χ1n) is 6.79. The quantitative estimate of drug-likeness (QED) is 0.670. The Labute approximate surface area is 95.2 Å². The van der Waals surface area contributed by atoms with E-state index in [1.807, 2.05) is 0 Å². The van der Waals surface area contributed by atoms with Crippen LogP contribution in [0.1, 0.15) is 59.3 Å². The highest BCUT2D eigenvalue weighted by atomic mass is 15.2. The zero-order chi connectivity index (χ0) is 10.9. The minimum absolute atomic E-state index is 0.532. The summed E-state index contributed by atoms with van der Waals surface area (Å²) in [5, 5.41) is 0. The Morgan fingerprint density at radius 3 is 2.33 bits per heavy atom. The zero-order valence-corrected chi connectivity index (χ0v) is 10.8. The molecule has 0 aromatic heterocycles. The van der Waals surface area contributed by atoms with Crippen molar-refractivity contribution in [3.05, 3.63) is 0 Å². The Balaban J connectivity index is 1.79. The summed E-state index contributed by atoms with van der Waals surface area (Å²) >= 11 is 0. The molecule has 15 heavy (non-hydrogen) atoms. The van der Waals surface area contributed by atoms with Gasteiger partial charge in [0.2, 0.25) is 0 Å². The van der Waals surface area contributed by atoms with Gasteiger partial charge in [0.25, 0.3) is 0 Å². The predicted molar refractivity (Wildman–Crippen MR) is 66.0 cm³/mol. The van der Waals surface area contributed by atoms with Crippen molar-refractivity contribution in [1.82, 2.24) is 4.90 Å². The van der Waals surface area contributed by atoms with Crippen molar-refractivity contribution in [2.45, 2.75) is 65.3 Å². The smallest absolute Gasteiger partial charge is 0.00979 e. The van der Waals surface area contributed by atoms with Crippen molar-refractivity contribution < 1.29 is 0 Å². The van der Waals surface area contributed by atoms with Crippen molar-refractivity contribution in [1.29, 1.82) is 0 Å². The maximum absolute atomic E-state index is 2.75. The Hall–Kier alpha value is -0.0400.